The van der Waals surface area contributed by atoms with E-state index in [1.165, 1.54) is 36.3 Å². The minimum atomic E-state index is -0.645. The SMILES string of the molecule is COC(=O)[C@@H]1C[C@@H]2CCCC[C@H]2N1C(=O)c1ccc(-n2ccnc2)c([N+](=O)[O-])c1. The molecule has 152 valence electrons. The van der Waals surface area contributed by atoms with Crippen LogP contribution in [0.3, 0.4) is 0 Å². The number of fused-ring (bicyclic) bond motifs is 1. The molecule has 3 atom stereocenters. The molecule has 0 spiro atoms. The Labute approximate surface area is 167 Å². The number of carbonyl (C=O) groups excluding carboxylic acids is 2. The summed E-state index contributed by atoms with van der Waals surface area (Å²) in [4.78, 5) is 42.4. The van der Waals surface area contributed by atoms with Crippen molar-refractivity contribution in [1.29, 1.82) is 0 Å². The fourth-order valence-electron chi connectivity index (χ4n) is 4.67. The molecule has 2 aliphatic rings. The van der Waals surface area contributed by atoms with E-state index in [1.807, 2.05) is 0 Å². The standard InChI is InChI=1S/C20H22N4O5/c1-29-20(26)18-10-13-4-2-3-5-15(13)23(18)19(25)14-6-7-16(17(11-14)24(27)28)22-9-8-21-12-22/h6-9,11-13,15,18H,2-5,10H2,1H3/t13-,15+,18-/m0/s1. The number of likely N-dealkylation sites (tertiary alicyclic amines) is 1. The van der Waals surface area contributed by atoms with Crippen molar-refractivity contribution in [2.45, 2.75) is 44.2 Å². The van der Waals surface area contributed by atoms with E-state index in [-0.39, 0.29) is 29.1 Å². The molecule has 9 nitrogen and oxygen atoms in total. The Balaban J connectivity index is 1.71. The van der Waals surface area contributed by atoms with Crippen LogP contribution >= 0.6 is 0 Å². The molecule has 1 saturated carbocycles. The Kier molecular flexibility index (Phi) is 5.04. The Morgan fingerprint density at radius 2 is 2.07 bits per heavy atom. The maximum atomic E-state index is 13.4. The number of rotatable bonds is 4. The molecule has 0 N–H and O–H groups in total. The van der Waals surface area contributed by atoms with Gasteiger partial charge in [0.1, 0.15) is 11.7 Å². The number of benzene rings is 1. The summed E-state index contributed by atoms with van der Waals surface area (Å²) in [5.74, 6) is -0.538. The van der Waals surface area contributed by atoms with Crippen molar-refractivity contribution in [2.75, 3.05) is 7.11 Å². The number of esters is 1. The molecule has 0 bridgehead atoms. The van der Waals surface area contributed by atoms with Crippen LogP contribution in [0.4, 0.5) is 5.69 Å². The van der Waals surface area contributed by atoms with E-state index in [1.54, 1.807) is 17.2 Å². The van der Waals surface area contributed by atoms with Gasteiger partial charge in [-0.05, 0) is 37.3 Å². The van der Waals surface area contributed by atoms with E-state index in [0.717, 1.165) is 25.7 Å². The molecule has 2 aromatic rings. The van der Waals surface area contributed by atoms with E-state index in [0.29, 0.717) is 12.1 Å². The number of hydrogen-bond donors (Lipinski definition) is 0. The highest BCUT2D eigenvalue weighted by Gasteiger charge is 2.48. The molecule has 29 heavy (non-hydrogen) atoms. The van der Waals surface area contributed by atoms with Gasteiger partial charge in [0.25, 0.3) is 11.6 Å². The van der Waals surface area contributed by atoms with E-state index >= 15 is 0 Å². The predicted molar refractivity (Wildman–Crippen MR) is 103 cm³/mol. The predicted octanol–water partition coefficient (Wildman–Crippen LogP) is 2.73. The maximum absolute atomic E-state index is 13.4. The number of hydrogen-bond acceptors (Lipinski definition) is 6. The molecule has 1 aromatic carbocycles. The van der Waals surface area contributed by atoms with Gasteiger partial charge in [0.05, 0.1) is 18.4 Å². The first kappa shape index (κ1) is 19.1. The van der Waals surface area contributed by atoms with Crippen molar-refractivity contribution in [1.82, 2.24) is 14.5 Å². The summed E-state index contributed by atoms with van der Waals surface area (Å²) in [6.45, 7) is 0. The van der Waals surface area contributed by atoms with E-state index in [9.17, 15) is 19.7 Å². The summed E-state index contributed by atoms with van der Waals surface area (Å²) in [5, 5.41) is 11.6. The fourth-order valence-corrected chi connectivity index (χ4v) is 4.67. The zero-order chi connectivity index (χ0) is 20.5. The number of nitrogens with zero attached hydrogens (tertiary/aromatic N) is 4. The van der Waals surface area contributed by atoms with Gasteiger partial charge < -0.3 is 14.2 Å². The number of nitro groups is 1. The Hall–Kier alpha value is -3.23. The largest absolute Gasteiger partial charge is 0.467 e. The first-order valence-electron chi connectivity index (χ1n) is 9.68. The van der Waals surface area contributed by atoms with Crippen LogP contribution in [0.15, 0.2) is 36.9 Å². The summed E-state index contributed by atoms with van der Waals surface area (Å²) >= 11 is 0. The van der Waals surface area contributed by atoms with Crippen molar-refractivity contribution in [3.05, 3.63) is 52.6 Å². The smallest absolute Gasteiger partial charge is 0.328 e. The summed E-state index contributed by atoms with van der Waals surface area (Å²) < 4.78 is 6.46. The molecule has 0 unspecified atom stereocenters. The number of aromatic nitrogens is 2. The number of imidazole rings is 1. The lowest BCUT2D eigenvalue weighted by atomic mass is 9.84. The van der Waals surface area contributed by atoms with Gasteiger partial charge >= 0.3 is 5.97 Å². The summed E-state index contributed by atoms with van der Waals surface area (Å²) in [7, 11) is 1.32. The molecule has 0 radical (unpaired) electrons. The topological polar surface area (TPSA) is 108 Å². The van der Waals surface area contributed by atoms with Gasteiger partial charge in [-0.2, -0.15) is 0 Å². The van der Waals surface area contributed by atoms with Crippen LogP contribution in [0.25, 0.3) is 5.69 Å². The Bertz CT molecular complexity index is 942. The molecule has 2 heterocycles. The lowest BCUT2D eigenvalue weighted by Gasteiger charge is -2.33. The summed E-state index contributed by atoms with van der Waals surface area (Å²) in [5.41, 5.74) is 0.328. The first-order valence-corrected chi connectivity index (χ1v) is 9.68. The van der Waals surface area contributed by atoms with Crippen molar-refractivity contribution >= 4 is 17.6 Å². The third kappa shape index (κ3) is 3.37. The van der Waals surface area contributed by atoms with Crippen molar-refractivity contribution in [2.24, 2.45) is 5.92 Å². The van der Waals surface area contributed by atoms with Gasteiger partial charge in [-0.15, -0.1) is 0 Å². The molecule has 4 rings (SSSR count). The quantitative estimate of drug-likeness (QED) is 0.445. The second kappa shape index (κ2) is 7.65. The number of methoxy groups -OCH3 is 1. The molecule has 1 aliphatic heterocycles. The van der Waals surface area contributed by atoms with Crippen LogP contribution in [0.5, 0.6) is 0 Å². The monoisotopic (exact) mass is 398 g/mol. The third-order valence-corrected chi connectivity index (χ3v) is 6.00. The summed E-state index contributed by atoms with van der Waals surface area (Å²) in [6, 6.07) is 3.70. The zero-order valence-electron chi connectivity index (χ0n) is 16.1. The van der Waals surface area contributed by atoms with Crippen LogP contribution in [0.2, 0.25) is 0 Å². The van der Waals surface area contributed by atoms with Gasteiger partial charge in [0.2, 0.25) is 0 Å². The van der Waals surface area contributed by atoms with Gasteiger partial charge in [0.15, 0.2) is 0 Å². The molecule has 1 saturated heterocycles. The van der Waals surface area contributed by atoms with E-state index < -0.39 is 16.9 Å². The van der Waals surface area contributed by atoms with E-state index in [4.69, 9.17) is 4.74 Å². The zero-order valence-corrected chi connectivity index (χ0v) is 16.1. The lowest BCUT2D eigenvalue weighted by Crippen LogP contribution is -2.46. The number of ether oxygens (including phenoxy) is 1. The van der Waals surface area contributed by atoms with Gasteiger partial charge in [-0.1, -0.05) is 12.8 Å². The van der Waals surface area contributed by atoms with Crippen molar-refractivity contribution in [3.8, 4) is 5.69 Å². The van der Waals surface area contributed by atoms with Crippen LogP contribution in [0, 0.1) is 16.0 Å². The Morgan fingerprint density at radius 1 is 1.28 bits per heavy atom. The molecular weight excluding hydrogens is 376 g/mol. The highest BCUT2D eigenvalue weighted by atomic mass is 16.6. The van der Waals surface area contributed by atoms with Crippen LogP contribution in [-0.2, 0) is 9.53 Å². The second-order valence-corrected chi connectivity index (χ2v) is 7.53. The van der Waals surface area contributed by atoms with E-state index in [2.05, 4.69) is 4.98 Å². The molecule has 1 aromatic heterocycles. The molecule has 1 amide bonds. The number of nitro benzene ring substituents is 1. The minimum absolute atomic E-state index is 0.0345. The van der Waals surface area contributed by atoms with Gasteiger partial charge in [0, 0.05) is 30.1 Å². The normalized spacial score (nSPS) is 23.5. The fraction of sp³-hybridized carbons (Fsp3) is 0.450. The number of carbonyl (C=O) groups is 2. The maximum Gasteiger partial charge on any atom is 0.328 e. The second-order valence-electron chi connectivity index (χ2n) is 7.53. The first-order chi connectivity index (χ1) is 14.0. The van der Waals surface area contributed by atoms with Crippen LogP contribution < -0.4 is 0 Å². The minimum Gasteiger partial charge on any atom is -0.467 e. The van der Waals surface area contributed by atoms with Crippen LogP contribution in [-0.4, -0.2) is 50.4 Å². The highest BCUT2D eigenvalue weighted by Crippen LogP contribution is 2.41. The summed E-state index contributed by atoms with van der Waals surface area (Å²) in [6.07, 6.45) is 9.06. The molecule has 9 heteroatoms. The molecule has 2 fully saturated rings. The third-order valence-electron chi connectivity index (χ3n) is 6.00. The van der Waals surface area contributed by atoms with Gasteiger partial charge in [-0.25, -0.2) is 9.78 Å². The molecular formula is C20H22N4O5. The number of amides is 1. The lowest BCUT2D eigenvalue weighted by molar-refractivity contribution is -0.384. The van der Waals surface area contributed by atoms with Gasteiger partial charge in [-0.3, -0.25) is 14.9 Å². The molecule has 1 aliphatic carbocycles. The Morgan fingerprint density at radius 3 is 2.76 bits per heavy atom. The van der Waals surface area contributed by atoms with Crippen LogP contribution in [0.1, 0.15) is 42.5 Å². The van der Waals surface area contributed by atoms with Crippen molar-refractivity contribution in [3.63, 3.8) is 0 Å². The highest BCUT2D eigenvalue weighted by molar-refractivity contribution is 5.98. The average molecular weight is 398 g/mol. The average Bonchev–Trinajstić information content (AvgIpc) is 3.40. The van der Waals surface area contributed by atoms with Crippen molar-refractivity contribution < 1.29 is 19.2 Å².